The molecule has 3 nitrogen and oxygen atoms in total. The van der Waals surface area contributed by atoms with E-state index in [0.29, 0.717) is 5.56 Å². The van der Waals surface area contributed by atoms with E-state index in [2.05, 4.69) is 9.97 Å². The van der Waals surface area contributed by atoms with Crippen LogP contribution in [0.3, 0.4) is 0 Å². The van der Waals surface area contributed by atoms with Crippen molar-refractivity contribution in [2.24, 2.45) is 0 Å². The number of nitrogens with zero attached hydrogens (tertiary/aromatic N) is 3. The first kappa shape index (κ1) is 11.8. The molecule has 0 aliphatic rings. The van der Waals surface area contributed by atoms with Crippen LogP contribution in [0.4, 0.5) is 4.39 Å². The van der Waals surface area contributed by atoms with Crippen molar-refractivity contribution < 1.29 is 4.39 Å². The van der Waals surface area contributed by atoms with Gasteiger partial charge in [-0.3, -0.25) is 9.38 Å². The quantitative estimate of drug-likeness (QED) is 0.666. The largest absolute Gasteiger partial charge is 0.297 e. The van der Waals surface area contributed by atoms with E-state index >= 15 is 0 Å². The highest BCUT2D eigenvalue weighted by atomic mass is 19.1. The standard InChI is InChI=1S/C15H14FN3/c1-9-6-12(13(16)7-10(9)2)14-8-18-11(3)15-17-4-5-19(14)15/h4-8H,1-3H3. The highest BCUT2D eigenvalue weighted by Gasteiger charge is 2.12. The fourth-order valence-corrected chi connectivity index (χ4v) is 2.22. The summed E-state index contributed by atoms with van der Waals surface area (Å²) in [7, 11) is 0. The highest BCUT2D eigenvalue weighted by Crippen LogP contribution is 2.26. The summed E-state index contributed by atoms with van der Waals surface area (Å²) < 4.78 is 16.1. The molecule has 3 aromatic rings. The Morgan fingerprint density at radius 3 is 2.58 bits per heavy atom. The van der Waals surface area contributed by atoms with Gasteiger partial charge in [-0.25, -0.2) is 9.37 Å². The van der Waals surface area contributed by atoms with Gasteiger partial charge >= 0.3 is 0 Å². The zero-order valence-electron chi connectivity index (χ0n) is 11.1. The second kappa shape index (κ2) is 4.16. The summed E-state index contributed by atoms with van der Waals surface area (Å²) in [6.45, 7) is 5.77. The van der Waals surface area contributed by atoms with Crippen molar-refractivity contribution in [2.75, 3.05) is 0 Å². The van der Waals surface area contributed by atoms with E-state index in [1.165, 1.54) is 0 Å². The number of hydrogen-bond acceptors (Lipinski definition) is 2. The minimum absolute atomic E-state index is 0.233. The molecule has 0 spiro atoms. The van der Waals surface area contributed by atoms with Crippen molar-refractivity contribution in [3.05, 3.63) is 53.4 Å². The number of halogens is 1. The van der Waals surface area contributed by atoms with Crippen molar-refractivity contribution in [2.45, 2.75) is 20.8 Å². The molecule has 0 aliphatic carbocycles. The first-order valence-electron chi connectivity index (χ1n) is 6.13. The normalized spacial score (nSPS) is 11.2. The van der Waals surface area contributed by atoms with Gasteiger partial charge in [0.25, 0.3) is 0 Å². The predicted molar refractivity (Wildman–Crippen MR) is 72.6 cm³/mol. The predicted octanol–water partition coefficient (Wildman–Crippen LogP) is 3.46. The molecule has 0 N–H and O–H groups in total. The number of imidazole rings is 1. The van der Waals surface area contributed by atoms with Gasteiger partial charge in [0.05, 0.1) is 17.6 Å². The van der Waals surface area contributed by atoms with Crippen LogP contribution in [0.5, 0.6) is 0 Å². The van der Waals surface area contributed by atoms with Crippen LogP contribution in [0.15, 0.2) is 30.7 Å². The summed E-state index contributed by atoms with van der Waals surface area (Å²) in [5.41, 5.74) is 4.87. The third-order valence-corrected chi connectivity index (χ3v) is 3.46. The topological polar surface area (TPSA) is 30.2 Å². The molecule has 0 bridgehead atoms. The molecule has 4 heteroatoms. The molecule has 3 rings (SSSR count). The van der Waals surface area contributed by atoms with Crippen molar-refractivity contribution in [1.29, 1.82) is 0 Å². The monoisotopic (exact) mass is 255 g/mol. The number of aromatic nitrogens is 3. The zero-order chi connectivity index (χ0) is 13.6. The Morgan fingerprint density at radius 2 is 1.79 bits per heavy atom. The lowest BCUT2D eigenvalue weighted by atomic mass is 10.0. The molecule has 96 valence electrons. The first-order chi connectivity index (χ1) is 9.08. The van der Waals surface area contributed by atoms with Crippen molar-refractivity contribution >= 4 is 5.65 Å². The Hall–Kier alpha value is -2.23. The fraction of sp³-hybridized carbons (Fsp3) is 0.200. The summed E-state index contributed by atoms with van der Waals surface area (Å²) in [6, 6.07) is 3.42. The summed E-state index contributed by atoms with van der Waals surface area (Å²) in [5.74, 6) is -0.233. The smallest absolute Gasteiger partial charge is 0.158 e. The molecule has 0 unspecified atom stereocenters. The number of fused-ring (bicyclic) bond motifs is 1. The number of hydrogen-bond donors (Lipinski definition) is 0. The van der Waals surface area contributed by atoms with Crippen LogP contribution in [-0.2, 0) is 0 Å². The molecule has 0 saturated heterocycles. The van der Waals surface area contributed by atoms with Gasteiger partial charge in [0.2, 0.25) is 0 Å². The van der Waals surface area contributed by atoms with E-state index in [-0.39, 0.29) is 5.82 Å². The highest BCUT2D eigenvalue weighted by molar-refractivity contribution is 5.65. The molecule has 0 aliphatic heterocycles. The van der Waals surface area contributed by atoms with E-state index in [4.69, 9.17) is 0 Å². The van der Waals surface area contributed by atoms with Crippen LogP contribution in [-0.4, -0.2) is 14.4 Å². The summed E-state index contributed by atoms with van der Waals surface area (Å²) in [5, 5.41) is 0. The molecule has 0 radical (unpaired) electrons. The molecule has 0 saturated carbocycles. The zero-order valence-corrected chi connectivity index (χ0v) is 11.1. The van der Waals surface area contributed by atoms with Gasteiger partial charge in [0.15, 0.2) is 5.65 Å². The van der Waals surface area contributed by atoms with Gasteiger partial charge in [-0.1, -0.05) is 0 Å². The molecular weight excluding hydrogens is 241 g/mol. The van der Waals surface area contributed by atoms with E-state index in [0.717, 1.165) is 28.2 Å². The maximum Gasteiger partial charge on any atom is 0.158 e. The maximum atomic E-state index is 14.2. The van der Waals surface area contributed by atoms with Gasteiger partial charge in [-0.05, 0) is 44.0 Å². The lowest BCUT2D eigenvalue weighted by molar-refractivity contribution is 0.628. The minimum atomic E-state index is -0.233. The average molecular weight is 255 g/mol. The van der Waals surface area contributed by atoms with Gasteiger partial charge in [0, 0.05) is 18.0 Å². The SMILES string of the molecule is Cc1cc(F)c(-c2cnc(C)c3nccn23)cc1C. The minimum Gasteiger partial charge on any atom is -0.297 e. The molecule has 19 heavy (non-hydrogen) atoms. The van der Waals surface area contributed by atoms with Crippen LogP contribution in [0.25, 0.3) is 16.9 Å². The van der Waals surface area contributed by atoms with Crippen LogP contribution in [0.2, 0.25) is 0 Å². The summed E-state index contributed by atoms with van der Waals surface area (Å²) >= 11 is 0. The maximum absolute atomic E-state index is 14.2. The molecule has 2 heterocycles. The molecule has 2 aromatic heterocycles. The third-order valence-electron chi connectivity index (χ3n) is 3.46. The molecule has 0 amide bonds. The Kier molecular flexibility index (Phi) is 2.59. The van der Waals surface area contributed by atoms with Gasteiger partial charge < -0.3 is 0 Å². The van der Waals surface area contributed by atoms with Crippen LogP contribution < -0.4 is 0 Å². The van der Waals surface area contributed by atoms with E-state index in [1.807, 2.05) is 37.4 Å². The summed E-state index contributed by atoms with van der Waals surface area (Å²) in [4.78, 5) is 8.55. The molecule has 0 fully saturated rings. The van der Waals surface area contributed by atoms with Crippen LogP contribution >= 0.6 is 0 Å². The Morgan fingerprint density at radius 1 is 1.05 bits per heavy atom. The second-order valence-electron chi connectivity index (χ2n) is 4.77. The van der Waals surface area contributed by atoms with Gasteiger partial charge in [-0.2, -0.15) is 0 Å². The van der Waals surface area contributed by atoms with Crippen molar-refractivity contribution in [3.8, 4) is 11.3 Å². The van der Waals surface area contributed by atoms with Crippen LogP contribution in [0, 0.1) is 26.6 Å². The number of aryl methyl sites for hydroxylation is 3. The fourth-order valence-electron chi connectivity index (χ4n) is 2.22. The van der Waals surface area contributed by atoms with E-state index in [9.17, 15) is 4.39 Å². The Labute approximate surface area is 110 Å². The molecule has 1 aromatic carbocycles. The Balaban J connectivity index is 2.34. The molecule has 0 atom stereocenters. The van der Waals surface area contributed by atoms with E-state index < -0.39 is 0 Å². The Bertz CT molecular complexity index is 774. The average Bonchev–Trinajstić information content (AvgIpc) is 2.85. The van der Waals surface area contributed by atoms with Gasteiger partial charge in [-0.15, -0.1) is 0 Å². The number of rotatable bonds is 1. The van der Waals surface area contributed by atoms with Crippen molar-refractivity contribution in [1.82, 2.24) is 14.4 Å². The number of benzene rings is 1. The lowest BCUT2D eigenvalue weighted by Crippen LogP contribution is -1.99. The van der Waals surface area contributed by atoms with E-state index in [1.54, 1.807) is 18.5 Å². The van der Waals surface area contributed by atoms with Crippen molar-refractivity contribution in [3.63, 3.8) is 0 Å². The summed E-state index contributed by atoms with van der Waals surface area (Å²) in [6.07, 6.45) is 5.22. The third kappa shape index (κ3) is 1.80. The molecular formula is C15H14FN3. The first-order valence-corrected chi connectivity index (χ1v) is 6.13. The lowest BCUT2D eigenvalue weighted by Gasteiger charge is -2.10. The second-order valence-corrected chi connectivity index (χ2v) is 4.77. The van der Waals surface area contributed by atoms with Crippen LogP contribution in [0.1, 0.15) is 16.8 Å². The van der Waals surface area contributed by atoms with Gasteiger partial charge in [0.1, 0.15) is 5.82 Å².